The van der Waals surface area contributed by atoms with E-state index in [4.69, 9.17) is 5.73 Å². The second-order valence-corrected chi connectivity index (χ2v) is 1.99. The summed E-state index contributed by atoms with van der Waals surface area (Å²) in [4.78, 5) is 14.5. The molecule has 0 atom stereocenters. The summed E-state index contributed by atoms with van der Waals surface area (Å²) in [5.74, 6) is 0.251. The van der Waals surface area contributed by atoms with E-state index in [2.05, 4.69) is 4.98 Å². The molecule has 0 amide bonds. The molecule has 1 heterocycles. The SMILES string of the molecule is CC.CC(=O)c1cccnc1N. The van der Waals surface area contributed by atoms with Gasteiger partial charge in [0.25, 0.3) is 0 Å². The molecule has 1 rings (SSSR count). The monoisotopic (exact) mass is 166 g/mol. The third kappa shape index (κ3) is 2.70. The molecule has 0 aliphatic heterocycles. The smallest absolute Gasteiger partial charge is 0.163 e. The lowest BCUT2D eigenvalue weighted by Crippen LogP contribution is -2.00. The maximum Gasteiger partial charge on any atom is 0.163 e. The minimum absolute atomic E-state index is 0.0504. The van der Waals surface area contributed by atoms with Gasteiger partial charge in [-0.1, -0.05) is 13.8 Å². The maximum atomic E-state index is 10.7. The number of aromatic nitrogens is 1. The molecule has 3 heteroatoms. The van der Waals surface area contributed by atoms with Crippen LogP contribution in [0.4, 0.5) is 5.82 Å². The largest absolute Gasteiger partial charge is 0.383 e. The second kappa shape index (κ2) is 5.29. The van der Waals surface area contributed by atoms with Gasteiger partial charge in [-0.05, 0) is 19.1 Å². The number of anilines is 1. The van der Waals surface area contributed by atoms with Gasteiger partial charge in [-0.25, -0.2) is 4.98 Å². The van der Waals surface area contributed by atoms with E-state index in [1.807, 2.05) is 13.8 Å². The first kappa shape index (κ1) is 10.6. The van der Waals surface area contributed by atoms with E-state index in [9.17, 15) is 4.79 Å². The van der Waals surface area contributed by atoms with Gasteiger partial charge in [-0.3, -0.25) is 4.79 Å². The number of carbonyl (C=O) groups is 1. The third-order valence-electron chi connectivity index (χ3n) is 1.22. The Morgan fingerprint density at radius 2 is 2.08 bits per heavy atom. The molecule has 0 saturated heterocycles. The van der Waals surface area contributed by atoms with E-state index in [0.29, 0.717) is 11.4 Å². The summed E-state index contributed by atoms with van der Waals surface area (Å²) in [6.07, 6.45) is 1.56. The highest BCUT2D eigenvalue weighted by Gasteiger charge is 2.01. The Bertz CT molecular complexity index is 258. The third-order valence-corrected chi connectivity index (χ3v) is 1.22. The lowest BCUT2D eigenvalue weighted by Gasteiger charge is -1.96. The molecule has 1 aromatic rings. The van der Waals surface area contributed by atoms with Gasteiger partial charge in [0.15, 0.2) is 5.78 Å². The van der Waals surface area contributed by atoms with Gasteiger partial charge in [-0.2, -0.15) is 0 Å². The van der Waals surface area contributed by atoms with Crippen LogP contribution in [-0.2, 0) is 0 Å². The Labute approximate surface area is 72.6 Å². The average Bonchev–Trinajstić information content (AvgIpc) is 2.08. The van der Waals surface area contributed by atoms with Gasteiger partial charge in [0.2, 0.25) is 0 Å². The zero-order valence-electron chi connectivity index (χ0n) is 7.66. The number of hydrogen-bond donors (Lipinski definition) is 1. The summed E-state index contributed by atoms with van der Waals surface area (Å²) in [6.45, 7) is 5.47. The van der Waals surface area contributed by atoms with Crippen LogP contribution in [0.25, 0.3) is 0 Å². The van der Waals surface area contributed by atoms with Gasteiger partial charge in [0.1, 0.15) is 5.82 Å². The minimum Gasteiger partial charge on any atom is -0.383 e. The quantitative estimate of drug-likeness (QED) is 0.648. The number of Topliss-reactive ketones (excluding diaryl/α,β-unsaturated/α-hetero) is 1. The first-order valence-electron chi connectivity index (χ1n) is 3.93. The Morgan fingerprint density at radius 1 is 1.50 bits per heavy atom. The van der Waals surface area contributed by atoms with Gasteiger partial charge < -0.3 is 5.73 Å². The maximum absolute atomic E-state index is 10.7. The van der Waals surface area contributed by atoms with Crippen LogP contribution < -0.4 is 5.73 Å². The van der Waals surface area contributed by atoms with Crippen molar-refractivity contribution in [3.05, 3.63) is 23.9 Å². The fourth-order valence-corrected chi connectivity index (χ4v) is 0.715. The molecule has 66 valence electrons. The molecular formula is C9H14N2O. The van der Waals surface area contributed by atoms with E-state index in [1.165, 1.54) is 6.92 Å². The Kier molecular flexibility index (Phi) is 4.69. The summed E-state index contributed by atoms with van der Waals surface area (Å²) in [5.41, 5.74) is 5.88. The summed E-state index contributed by atoms with van der Waals surface area (Å²) < 4.78 is 0. The highest BCUT2D eigenvalue weighted by molar-refractivity contribution is 5.98. The van der Waals surface area contributed by atoms with Gasteiger partial charge >= 0.3 is 0 Å². The van der Waals surface area contributed by atoms with Crippen molar-refractivity contribution in [2.24, 2.45) is 0 Å². The van der Waals surface area contributed by atoms with Crippen molar-refractivity contribution in [1.82, 2.24) is 4.98 Å². The van der Waals surface area contributed by atoms with Crippen LogP contribution in [0.3, 0.4) is 0 Å². The van der Waals surface area contributed by atoms with Gasteiger partial charge in [0, 0.05) is 6.20 Å². The van der Waals surface area contributed by atoms with E-state index < -0.39 is 0 Å². The number of pyridine rings is 1. The van der Waals surface area contributed by atoms with Gasteiger partial charge in [0.05, 0.1) is 5.56 Å². The summed E-state index contributed by atoms with van der Waals surface area (Å²) in [7, 11) is 0. The second-order valence-electron chi connectivity index (χ2n) is 1.99. The molecule has 1 aromatic heterocycles. The molecule has 0 unspecified atom stereocenters. The molecule has 0 aliphatic rings. The molecule has 0 aromatic carbocycles. The molecule has 3 nitrogen and oxygen atoms in total. The van der Waals surface area contributed by atoms with E-state index in [-0.39, 0.29) is 5.78 Å². The van der Waals surface area contributed by atoms with Crippen molar-refractivity contribution in [3.8, 4) is 0 Å². The summed E-state index contributed by atoms with van der Waals surface area (Å²) in [5, 5.41) is 0. The highest BCUT2D eigenvalue weighted by Crippen LogP contribution is 2.06. The molecule has 12 heavy (non-hydrogen) atoms. The first-order chi connectivity index (χ1) is 5.72. The van der Waals surface area contributed by atoms with Crippen LogP contribution in [0.15, 0.2) is 18.3 Å². The number of ketones is 1. The normalized spacial score (nSPS) is 8.25. The lowest BCUT2D eigenvalue weighted by atomic mass is 10.2. The zero-order valence-corrected chi connectivity index (χ0v) is 7.66. The fraction of sp³-hybridized carbons (Fsp3) is 0.333. The van der Waals surface area contributed by atoms with Crippen molar-refractivity contribution in [2.75, 3.05) is 5.73 Å². The predicted octanol–water partition coefficient (Wildman–Crippen LogP) is 1.89. The molecule has 0 radical (unpaired) electrons. The van der Waals surface area contributed by atoms with E-state index in [1.54, 1.807) is 18.3 Å². The predicted molar refractivity (Wildman–Crippen MR) is 50.0 cm³/mol. The van der Waals surface area contributed by atoms with Crippen LogP contribution in [-0.4, -0.2) is 10.8 Å². The van der Waals surface area contributed by atoms with Crippen molar-refractivity contribution in [2.45, 2.75) is 20.8 Å². The Morgan fingerprint density at radius 3 is 2.42 bits per heavy atom. The van der Waals surface area contributed by atoms with Crippen molar-refractivity contribution < 1.29 is 4.79 Å². The van der Waals surface area contributed by atoms with Crippen LogP contribution in [0.5, 0.6) is 0 Å². The van der Waals surface area contributed by atoms with Crippen LogP contribution in [0.2, 0.25) is 0 Å². The molecular weight excluding hydrogens is 152 g/mol. The molecule has 0 spiro atoms. The highest BCUT2D eigenvalue weighted by atomic mass is 16.1. The molecule has 2 N–H and O–H groups in total. The molecule has 0 bridgehead atoms. The number of carbonyl (C=O) groups excluding carboxylic acids is 1. The first-order valence-corrected chi connectivity index (χ1v) is 3.93. The van der Waals surface area contributed by atoms with Crippen LogP contribution in [0, 0.1) is 0 Å². The summed E-state index contributed by atoms with van der Waals surface area (Å²) >= 11 is 0. The number of nitrogens with two attached hydrogens (primary N) is 1. The minimum atomic E-state index is -0.0504. The molecule has 0 saturated carbocycles. The number of rotatable bonds is 1. The fourth-order valence-electron chi connectivity index (χ4n) is 0.715. The Balaban J connectivity index is 0.000000561. The van der Waals surface area contributed by atoms with E-state index >= 15 is 0 Å². The number of hydrogen-bond acceptors (Lipinski definition) is 3. The standard InChI is InChI=1S/C7H8N2O.C2H6/c1-5(10)6-3-2-4-9-7(6)8;1-2/h2-4H,1H3,(H2,8,9);1-2H3. The zero-order chi connectivity index (χ0) is 9.56. The number of nitrogen functional groups attached to an aromatic ring is 1. The van der Waals surface area contributed by atoms with Crippen molar-refractivity contribution in [1.29, 1.82) is 0 Å². The molecule has 0 fully saturated rings. The number of nitrogens with zero attached hydrogens (tertiary/aromatic N) is 1. The molecule has 0 aliphatic carbocycles. The summed E-state index contributed by atoms with van der Waals surface area (Å²) in [6, 6.07) is 3.34. The average molecular weight is 166 g/mol. The van der Waals surface area contributed by atoms with E-state index in [0.717, 1.165) is 0 Å². The Hall–Kier alpha value is -1.38. The van der Waals surface area contributed by atoms with Gasteiger partial charge in [-0.15, -0.1) is 0 Å². The van der Waals surface area contributed by atoms with Crippen LogP contribution in [0.1, 0.15) is 31.1 Å². The van der Waals surface area contributed by atoms with Crippen molar-refractivity contribution >= 4 is 11.6 Å². The topological polar surface area (TPSA) is 56.0 Å². The lowest BCUT2D eigenvalue weighted by molar-refractivity contribution is 0.101. The van der Waals surface area contributed by atoms with Crippen molar-refractivity contribution in [3.63, 3.8) is 0 Å². The van der Waals surface area contributed by atoms with Crippen LogP contribution >= 0.6 is 0 Å².